The summed E-state index contributed by atoms with van der Waals surface area (Å²) in [4.78, 5) is 0.0424. The lowest BCUT2D eigenvalue weighted by Gasteiger charge is -2.09. The standard InChI is InChI=1S/C12H17N3O4S2/c1-10-4-5-11(3-2-6-13)9-12(10)21(18,19)15-7-8-20(14,16)17/h4-5,9,15H,6-8,13H2,1H3,(H2,14,16,17). The molecule has 0 spiro atoms. The van der Waals surface area contributed by atoms with Gasteiger partial charge in [0, 0.05) is 12.1 Å². The summed E-state index contributed by atoms with van der Waals surface area (Å²) >= 11 is 0. The Morgan fingerprint density at radius 1 is 1.24 bits per heavy atom. The van der Waals surface area contributed by atoms with Crippen LogP contribution in [0.1, 0.15) is 11.1 Å². The molecule has 0 atom stereocenters. The Bertz CT molecular complexity index is 774. The first-order valence-corrected chi connectivity index (χ1v) is 9.15. The maximum absolute atomic E-state index is 12.1. The molecule has 0 aromatic heterocycles. The van der Waals surface area contributed by atoms with Crippen molar-refractivity contribution in [1.82, 2.24) is 4.72 Å². The summed E-state index contributed by atoms with van der Waals surface area (Å²) in [5, 5.41) is 4.82. The molecule has 0 saturated heterocycles. The Morgan fingerprint density at radius 3 is 2.48 bits per heavy atom. The zero-order chi connectivity index (χ0) is 16.1. The number of hydrogen-bond donors (Lipinski definition) is 3. The fourth-order valence-corrected chi connectivity index (χ4v) is 3.33. The first-order valence-electron chi connectivity index (χ1n) is 5.95. The number of aryl methyl sites for hydroxylation is 1. The largest absolute Gasteiger partial charge is 0.320 e. The van der Waals surface area contributed by atoms with Crippen LogP contribution < -0.4 is 15.6 Å². The van der Waals surface area contributed by atoms with Gasteiger partial charge in [0.05, 0.1) is 17.2 Å². The molecule has 0 aliphatic heterocycles. The van der Waals surface area contributed by atoms with E-state index in [1.807, 2.05) is 0 Å². The Morgan fingerprint density at radius 2 is 1.90 bits per heavy atom. The predicted octanol–water partition coefficient (Wildman–Crippen LogP) is -1.13. The van der Waals surface area contributed by atoms with E-state index in [-0.39, 0.29) is 18.0 Å². The summed E-state index contributed by atoms with van der Waals surface area (Å²) in [6.45, 7) is 1.51. The average molecular weight is 331 g/mol. The number of hydrogen-bond acceptors (Lipinski definition) is 5. The van der Waals surface area contributed by atoms with Gasteiger partial charge in [-0.3, -0.25) is 0 Å². The van der Waals surface area contributed by atoms with Crippen molar-refractivity contribution in [3.8, 4) is 11.8 Å². The molecule has 0 bridgehead atoms. The molecular formula is C12H17N3O4S2. The van der Waals surface area contributed by atoms with E-state index in [1.165, 1.54) is 6.07 Å². The van der Waals surface area contributed by atoms with Crippen molar-refractivity contribution in [3.63, 3.8) is 0 Å². The minimum atomic E-state index is -3.83. The van der Waals surface area contributed by atoms with Gasteiger partial charge in [-0.25, -0.2) is 26.7 Å². The molecule has 0 radical (unpaired) electrons. The maximum Gasteiger partial charge on any atom is 0.240 e. The molecule has 7 nitrogen and oxygen atoms in total. The van der Waals surface area contributed by atoms with Gasteiger partial charge in [0.15, 0.2) is 0 Å². The second-order valence-corrected chi connectivity index (χ2v) is 7.72. The van der Waals surface area contributed by atoms with Crippen LogP contribution in [-0.4, -0.2) is 35.7 Å². The van der Waals surface area contributed by atoms with Crippen molar-refractivity contribution in [3.05, 3.63) is 29.3 Å². The lowest BCUT2D eigenvalue weighted by Crippen LogP contribution is -2.31. The Balaban J connectivity index is 3.02. The van der Waals surface area contributed by atoms with Crippen molar-refractivity contribution in [2.75, 3.05) is 18.8 Å². The van der Waals surface area contributed by atoms with Crippen molar-refractivity contribution in [1.29, 1.82) is 0 Å². The number of benzene rings is 1. The minimum absolute atomic E-state index is 0.0424. The number of nitrogens with one attached hydrogen (secondary N) is 1. The first-order chi connectivity index (χ1) is 9.65. The van der Waals surface area contributed by atoms with Crippen LogP contribution in [0.5, 0.6) is 0 Å². The summed E-state index contributed by atoms with van der Waals surface area (Å²) in [6.07, 6.45) is 0. The fraction of sp³-hybridized carbons (Fsp3) is 0.333. The molecule has 21 heavy (non-hydrogen) atoms. The van der Waals surface area contributed by atoms with Gasteiger partial charge in [0.2, 0.25) is 20.0 Å². The molecule has 0 saturated carbocycles. The Kier molecular flexibility index (Phi) is 5.88. The Labute approximate surface area is 124 Å². The van der Waals surface area contributed by atoms with Gasteiger partial charge in [-0.15, -0.1) is 0 Å². The minimum Gasteiger partial charge on any atom is -0.320 e. The van der Waals surface area contributed by atoms with Crippen LogP contribution in [0.25, 0.3) is 0 Å². The summed E-state index contributed by atoms with van der Waals surface area (Å²) < 4.78 is 48.1. The van der Waals surface area contributed by atoms with Crippen molar-refractivity contribution in [2.45, 2.75) is 11.8 Å². The van der Waals surface area contributed by atoms with Crippen LogP contribution in [0.3, 0.4) is 0 Å². The maximum atomic E-state index is 12.1. The number of nitrogens with two attached hydrogens (primary N) is 2. The van der Waals surface area contributed by atoms with Crippen LogP contribution >= 0.6 is 0 Å². The smallest absolute Gasteiger partial charge is 0.240 e. The Hall–Kier alpha value is -1.44. The van der Waals surface area contributed by atoms with E-state index in [1.54, 1.807) is 19.1 Å². The molecule has 0 aliphatic carbocycles. The van der Waals surface area contributed by atoms with E-state index < -0.39 is 25.8 Å². The zero-order valence-corrected chi connectivity index (χ0v) is 13.1. The van der Waals surface area contributed by atoms with Crippen molar-refractivity contribution < 1.29 is 16.8 Å². The van der Waals surface area contributed by atoms with E-state index in [0.29, 0.717) is 11.1 Å². The van der Waals surface area contributed by atoms with E-state index in [0.717, 1.165) is 0 Å². The molecule has 0 amide bonds. The highest BCUT2D eigenvalue weighted by Gasteiger charge is 2.17. The molecule has 0 heterocycles. The molecule has 0 fully saturated rings. The molecule has 5 N–H and O–H groups in total. The van der Waals surface area contributed by atoms with Crippen LogP contribution in [-0.2, 0) is 20.0 Å². The molecular weight excluding hydrogens is 314 g/mol. The monoisotopic (exact) mass is 331 g/mol. The molecule has 1 rings (SSSR count). The molecule has 1 aromatic rings. The highest BCUT2D eigenvalue weighted by atomic mass is 32.2. The first kappa shape index (κ1) is 17.6. The van der Waals surface area contributed by atoms with Crippen LogP contribution in [0.2, 0.25) is 0 Å². The third kappa shape index (κ3) is 5.82. The quantitative estimate of drug-likeness (QED) is 0.587. The van der Waals surface area contributed by atoms with E-state index in [2.05, 4.69) is 16.6 Å². The van der Waals surface area contributed by atoms with Gasteiger partial charge in [0.1, 0.15) is 0 Å². The highest BCUT2D eigenvalue weighted by Crippen LogP contribution is 2.16. The second-order valence-electron chi connectivity index (χ2n) is 4.25. The molecule has 0 aliphatic rings. The number of primary sulfonamides is 1. The third-order valence-corrected chi connectivity index (χ3v) is 4.87. The summed E-state index contributed by atoms with van der Waals surface area (Å²) in [5.41, 5.74) is 6.30. The number of rotatable bonds is 5. The SMILES string of the molecule is Cc1ccc(C#CCN)cc1S(=O)(=O)NCCS(N)(=O)=O. The lowest BCUT2D eigenvalue weighted by atomic mass is 10.1. The normalized spacial score (nSPS) is 11.8. The van der Waals surface area contributed by atoms with Gasteiger partial charge < -0.3 is 5.73 Å². The van der Waals surface area contributed by atoms with Crippen molar-refractivity contribution in [2.24, 2.45) is 10.9 Å². The highest BCUT2D eigenvalue weighted by molar-refractivity contribution is 7.90. The van der Waals surface area contributed by atoms with E-state index in [4.69, 9.17) is 10.9 Å². The second kappa shape index (κ2) is 7.02. The van der Waals surface area contributed by atoms with Crippen LogP contribution in [0, 0.1) is 18.8 Å². The zero-order valence-electron chi connectivity index (χ0n) is 11.5. The van der Waals surface area contributed by atoms with E-state index in [9.17, 15) is 16.8 Å². The van der Waals surface area contributed by atoms with Crippen LogP contribution in [0.4, 0.5) is 0 Å². The topological polar surface area (TPSA) is 132 Å². The van der Waals surface area contributed by atoms with Crippen LogP contribution in [0.15, 0.2) is 23.1 Å². The molecule has 1 aromatic carbocycles. The average Bonchev–Trinajstić information content (AvgIpc) is 2.35. The van der Waals surface area contributed by atoms with Gasteiger partial charge in [-0.05, 0) is 24.6 Å². The summed E-state index contributed by atoms with van der Waals surface area (Å²) in [7, 11) is -7.55. The third-order valence-electron chi connectivity index (χ3n) is 2.49. The van der Waals surface area contributed by atoms with Gasteiger partial charge >= 0.3 is 0 Å². The van der Waals surface area contributed by atoms with Crippen molar-refractivity contribution >= 4 is 20.0 Å². The van der Waals surface area contributed by atoms with Gasteiger partial charge in [-0.1, -0.05) is 17.9 Å². The van der Waals surface area contributed by atoms with E-state index >= 15 is 0 Å². The molecule has 9 heteroatoms. The van der Waals surface area contributed by atoms with Gasteiger partial charge in [0.25, 0.3) is 0 Å². The van der Waals surface area contributed by atoms with Gasteiger partial charge in [-0.2, -0.15) is 0 Å². The predicted molar refractivity (Wildman–Crippen MR) is 80.3 cm³/mol. The lowest BCUT2D eigenvalue weighted by molar-refractivity contribution is 0.581. The summed E-state index contributed by atoms with van der Waals surface area (Å²) in [5.74, 6) is 4.90. The summed E-state index contributed by atoms with van der Waals surface area (Å²) in [6, 6.07) is 4.72. The molecule has 116 valence electrons. The number of sulfonamides is 2. The molecule has 0 unspecified atom stereocenters. The fourth-order valence-electron chi connectivity index (χ4n) is 1.52.